The van der Waals surface area contributed by atoms with Crippen molar-refractivity contribution in [2.45, 2.75) is 25.3 Å². The largest absolute Gasteiger partial charge is 0.409 e. The molecule has 0 bridgehead atoms. The maximum atomic E-state index is 12.1. The maximum Gasteiger partial charge on any atom is 0.409 e. The number of aromatic nitrogens is 2. The first-order valence-corrected chi connectivity index (χ1v) is 13.9. The molecular weight excluding hydrogens is 572 g/mol. The summed E-state index contributed by atoms with van der Waals surface area (Å²) in [6.07, 6.45) is 1.04. The summed E-state index contributed by atoms with van der Waals surface area (Å²) >= 11 is 3.56. The van der Waals surface area contributed by atoms with Gasteiger partial charge in [0.15, 0.2) is 0 Å². The molecule has 0 aliphatic rings. The molecule has 1 N–H and O–H groups in total. The predicted molar refractivity (Wildman–Crippen MR) is 163 cm³/mol. The van der Waals surface area contributed by atoms with Gasteiger partial charge >= 0.3 is 6.18 Å². The Labute approximate surface area is 242 Å². The summed E-state index contributed by atoms with van der Waals surface area (Å²) in [4.78, 5) is 7.83. The minimum Gasteiger partial charge on any atom is -0.342 e. The lowest BCUT2D eigenvalue weighted by atomic mass is 9.38. The van der Waals surface area contributed by atoms with E-state index in [1.165, 1.54) is 11.6 Å². The van der Waals surface area contributed by atoms with Gasteiger partial charge in [-0.2, -0.15) is 13.2 Å². The Kier molecular flexibility index (Phi) is 10.6. The van der Waals surface area contributed by atoms with Gasteiger partial charge in [0.25, 0.3) is 0 Å². The monoisotopic (exact) mass is 600 g/mol. The van der Waals surface area contributed by atoms with E-state index in [1.807, 2.05) is 97.2 Å². The first kappa shape index (κ1) is 29.2. The predicted octanol–water partition coefficient (Wildman–Crippen LogP) is 8.23. The van der Waals surface area contributed by atoms with Crippen LogP contribution in [-0.4, -0.2) is 22.9 Å². The van der Waals surface area contributed by atoms with Crippen molar-refractivity contribution < 1.29 is 13.2 Å². The Bertz CT molecular complexity index is 1430. The number of imidazole rings is 1. The molecule has 4 aromatic carbocycles. The van der Waals surface area contributed by atoms with E-state index in [2.05, 4.69) is 50.2 Å². The average Bonchev–Trinajstić information content (AvgIpc) is 3.44. The normalized spacial score (nSPS) is 11.2. The maximum absolute atomic E-state index is 12.1. The summed E-state index contributed by atoms with van der Waals surface area (Å²) in [7, 11) is 0. The van der Waals surface area contributed by atoms with Crippen molar-refractivity contribution >= 4 is 33.6 Å². The lowest BCUT2D eigenvalue weighted by Crippen LogP contribution is -2.41. The molecule has 7 heteroatoms. The zero-order valence-electron chi connectivity index (χ0n) is 21.9. The third-order valence-electron chi connectivity index (χ3n) is 6.36. The number of halogens is 4. The molecule has 5 aromatic rings. The molecule has 0 aliphatic heterocycles. The lowest BCUT2D eigenvalue weighted by Gasteiger charge is -2.13. The molecule has 0 amide bonds. The van der Waals surface area contributed by atoms with Gasteiger partial charge in [-0.3, -0.25) is 0 Å². The van der Waals surface area contributed by atoms with Crippen LogP contribution in [0, 0.1) is 0 Å². The van der Waals surface area contributed by atoms with Crippen LogP contribution >= 0.6 is 15.9 Å². The van der Waals surface area contributed by atoms with Gasteiger partial charge in [0, 0.05) is 17.0 Å². The SMILES string of the molecule is Brc1ccccc1Cc1ncc(-c2ccccc2)[nH]1.FC(F)(F)C=CCCB(c1ccccc1)c1ccccc1. The Hall–Kier alpha value is -3.84. The van der Waals surface area contributed by atoms with E-state index < -0.39 is 6.18 Å². The molecule has 2 nitrogen and oxygen atoms in total. The number of hydrogen-bond donors (Lipinski definition) is 1. The lowest BCUT2D eigenvalue weighted by molar-refractivity contribution is -0.0800. The van der Waals surface area contributed by atoms with Crippen LogP contribution in [0.3, 0.4) is 0 Å². The van der Waals surface area contributed by atoms with Crippen molar-refractivity contribution in [3.63, 3.8) is 0 Å². The van der Waals surface area contributed by atoms with Gasteiger partial charge in [0.05, 0.1) is 11.9 Å². The van der Waals surface area contributed by atoms with Crippen molar-refractivity contribution in [1.29, 1.82) is 0 Å². The van der Waals surface area contributed by atoms with Gasteiger partial charge in [-0.25, -0.2) is 4.98 Å². The van der Waals surface area contributed by atoms with E-state index in [9.17, 15) is 13.2 Å². The molecule has 202 valence electrons. The van der Waals surface area contributed by atoms with Crippen LogP contribution in [0.15, 0.2) is 138 Å². The van der Waals surface area contributed by atoms with Gasteiger partial charge in [0.2, 0.25) is 6.71 Å². The Balaban J connectivity index is 0.000000186. The summed E-state index contributed by atoms with van der Waals surface area (Å²) in [5, 5.41) is 0. The van der Waals surface area contributed by atoms with Crippen LogP contribution in [0.5, 0.6) is 0 Å². The summed E-state index contributed by atoms with van der Waals surface area (Å²) in [6.45, 7) is 0.116. The number of rotatable bonds is 8. The van der Waals surface area contributed by atoms with E-state index >= 15 is 0 Å². The van der Waals surface area contributed by atoms with Gasteiger partial charge in [-0.15, -0.1) is 0 Å². The topological polar surface area (TPSA) is 28.7 Å². The van der Waals surface area contributed by atoms with Gasteiger partial charge in [-0.1, -0.05) is 148 Å². The van der Waals surface area contributed by atoms with E-state index in [4.69, 9.17) is 0 Å². The van der Waals surface area contributed by atoms with Gasteiger partial charge in [-0.05, 0) is 23.6 Å². The smallest absolute Gasteiger partial charge is 0.342 e. The second-order valence-corrected chi connectivity index (χ2v) is 10.1. The van der Waals surface area contributed by atoms with Crippen LogP contribution in [0.2, 0.25) is 6.32 Å². The van der Waals surface area contributed by atoms with E-state index in [0.717, 1.165) is 38.9 Å². The first-order chi connectivity index (χ1) is 19.4. The fourth-order valence-electron chi connectivity index (χ4n) is 4.42. The summed E-state index contributed by atoms with van der Waals surface area (Å²) in [5.74, 6) is 0.978. The third kappa shape index (κ3) is 9.13. The number of allylic oxidation sites excluding steroid dienone is 2. The molecule has 0 aliphatic carbocycles. The highest BCUT2D eigenvalue weighted by Gasteiger charge is 2.22. The van der Waals surface area contributed by atoms with Crippen LogP contribution in [0.4, 0.5) is 13.2 Å². The standard InChI is InChI=1S/C17H16BF3.C16H13BrN2/c19-17(20,21)13-7-8-14-18(15-9-3-1-4-10-15)16-11-5-2-6-12-16;17-14-9-5-4-8-13(14)10-16-18-11-15(19-16)12-6-2-1-3-7-12/h1-7,9-13H,8,14H2;1-9,11H,10H2,(H,18,19). The Morgan fingerprint density at radius 1 is 0.750 bits per heavy atom. The Morgan fingerprint density at radius 2 is 1.30 bits per heavy atom. The highest BCUT2D eigenvalue weighted by atomic mass is 79.9. The highest BCUT2D eigenvalue weighted by molar-refractivity contribution is 9.10. The van der Waals surface area contributed by atoms with Gasteiger partial charge in [0.1, 0.15) is 5.82 Å². The number of benzene rings is 4. The molecule has 0 fully saturated rings. The third-order valence-corrected chi connectivity index (χ3v) is 7.14. The Morgan fingerprint density at radius 3 is 1.88 bits per heavy atom. The summed E-state index contributed by atoms with van der Waals surface area (Å²) in [6, 6.07) is 38.2. The molecule has 0 radical (unpaired) electrons. The molecule has 5 rings (SSSR count). The van der Waals surface area contributed by atoms with E-state index in [1.54, 1.807) is 0 Å². The van der Waals surface area contributed by atoms with Crippen LogP contribution < -0.4 is 10.9 Å². The fraction of sp³-hybridized carbons (Fsp3) is 0.121. The van der Waals surface area contributed by atoms with Crippen molar-refractivity contribution in [2.24, 2.45) is 0 Å². The number of alkyl halides is 3. The van der Waals surface area contributed by atoms with E-state index in [-0.39, 0.29) is 6.71 Å². The van der Waals surface area contributed by atoms with Crippen molar-refractivity contribution in [3.05, 3.63) is 149 Å². The van der Waals surface area contributed by atoms with Crippen LogP contribution in [0.1, 0.15) is 17.8 Å². The molecule has 0 saturated heterocycles. The molecular formula is C33H29BBrF3N2. The second-order valence-electron chi connectivity index (χ2n) is 9.27. The van der Waals surface area contributed by atoms with Crippen LogP contribution in [0.25, 0.3) is 11.3 Å². The highest BCUT2D eigenvalue weighted by Crippen LogP contribution is 2.21. The minimum atomic E-state index is -4.23. The number of aromatic amines is 1. The summed E-state index contributed by atoms with van der Waals surface area (Å²) in [5.41, 5.74) is 5.71. The average molecular weight is 601 g/mol. The van der Waals surface area contributed by atoms with Crippen LogP contribution in [-0.2, 0) is 6.42 Å². The number of nitrogens with zero attached hydrogens (tertiary/aromatic N) is 1. The van der Waals surface area contributed by atoms with Crippen molar-refractivity contribution in [3.8, 4) is 11.3 Å². The molecule has 0 unspecified atom stereocenters. The van der Waals surface area contributed by atoms with E-state index in [0.29, 0.717) is 18.8 Å². The number of nitrogens with one attached hydrogen (secondary N) is 1. The number of hydrogen-bond acceptors (Lipinski definition) is 1. The zero-order chi connectivity index (χ0) is 28.2. The second kappa shape index (κ2) is 14.5. The van der Waals surface area contributed by atoms with Crippen molar-refractivity contribution in [1.82, 2.24) is 9.97 Å². The fourth-order valence-corrected chi connectivity index (χ4v) is 4.84. The summed E-state index contributed by atoms with van der Waals surface area (Å²) < 4.78 is 37.5. The molecule has 1 aromatic heterocycles. The quantitative estimate of drug-likeness (QED) is 0.141. The first-order valence-electron chi connectivity index (χ1n) is 13.1. The molecule has 0 atom stereocenters. The molecule has 0 saturated carbocycles. The number of H-pyrrole nitrogens is 1. The zero-order valence-corrected chi connectivity index (χ0v) is 23.4. The van der Waals surface area contributed by atoms with Gasteiger partial charge < -0.3 is 4.98 Å². The molecule has 40 heavy (non-hydrogen) atoms. The molecule has 1 heterocycles. The molecule has 0 spiro atoms. The van der Waals surface area contributed by atoms with Crippen molar-refractivity contribution in [2.75, 3.05) is 0 Å². The minimum absolute atomic E-state index is 0.116.